The number of rotatable bonds is 2. The fourth-order valence-electron chi connectivity index (χ4n) is 3.25. The van der Waals surface area contributed by atoms with E-state index in [9.17, 15) is 4.79 Å². The molecule has 0 N–H and O–H groups in total. The Morgan fingerprint density at radius 1 is 1.15 bits per heavy atom. The van der Waals surface area contributed by atoms with Crippen molar-refractivity contribution in [2.75, 3.05) is 11.4 Å². The fraction of sp³-hybridized carbons (Fsp3) is 0.250. The summed E-state index contributed by atoms with van der Waals surface area (Å²) in [6.07, 6.45) is 5.04. The van der Waals surface area contributed by atoms with Crippen LogP contribution in [0.5, 0.6) is 5.75 Å². The van der Waals surface area contributed by atoms with Gasteiger partial charge in [-0.3, -0.25) is 9.78 Å². The van der Waals surface area contributed by atoms with Gasteiger partial charge in [0.2, 0.25) is 0 Å². The van der Waals surface area contributed by atoms with Crippen LogP contribution in [-0.2, 0) is 0 Å². The van der Waals surface area contributed by atoms with Crippen molar-refractivity contribution in [3.63, 3.8) is 0 Å². The predicted molar refractivity (Wildman–Crippen MR) is 98.9 cm³/mol. The van der Waals surface area contributed by atoms with Crippen molar-refractivity contribution >= 4 is 11.6 Å². The predicted octanol–water partition coefficient (Wildman–Crippen LogP) is 3.39. The van der Waals surface area contributed by atoms with Crippen molar-refractivity contribution in [3.8, 4) is 11.4 Å². The minimum Gasteiger partial charge on any atom is -0.484 e. The third-order valence-electron chi connectivity index (χ3n) is 4.47. The molecule has 3 heterocycles. The Kier molecular flexibility index (Phi) is 3.76. The maximum absolute atomic E-state index is 13.3. The van der Waals surface area contributed by atoms with E-state index in [2.05, 4.69) is 10.1 Å². The molecule has 132 valence electrons. The van der Waals surface area contributed by atoms with Gasteiger partial charge in [0, 0.05) is 12.4 Å². The highest BCUT2D eigenvalue weighted by molar-refractivity contribution is 6.07. The van der Waals surface area contributed by atoms with Crippen molar-refractivity contribution in [2.24, 2.45) is 0 Å². The smallest absolute Gasteiger partial charge is 0.262 e. The molecule has 1 aromatic carbocycles. The molecule has 0 radical (unpaired) electrons. The number of carbonyl (C=O) groups excluding carboxylic acids is 1. The number of pyridine rings is 1. The molecule has 1 amide bonds. The summed E-state index contributed by atoms with van der Waals surface area (Å²) in [5, 5.41) is 4.40. The number of carbonyl (C=O) groups is 1. The van der Waals surface area contributed by atoms with Gasteiger partial charge in [-0.2, -0.15) is 5.10 Å². The Hall–Kier alpha value is -3.15. The summed E-state index contributed by atoms with van der Waals surface area (Å²) in [7, 11) is 0. The van der Waals surface area contributed by atoms with Gasteiger partial charge in [-0.05, 0) is 45.0 Å². The summed E-state index contributed by atoms with van der Waals surface area (Å²) in [6.45, 7) is 6.34. The zero-order valence-corrected chi connectivity index (χ0v) is 15.0. The number of anilines is 1. The topological polar surface area (TPSA) is 60.3 Å². The van der Waals surface area contributed by atoms with Crippen LogP contribution in [0, 0.1) is 6.92 Å². The van der Waals surface area contributed by atoms with Crippen molar-refractivity contribution < 1.29 is 9.53 Å². The first kappa shape index (κ1) is 16.3. The van der Waals surface area contributed by atoms with Crippen LogP contribution < -0.4 is 9.64 Å². The molecule has 1 aliphatic rings. The second kappa shape index (κ2) is 5.98. The van der Waals surface area contributed by atoms with Gasteiger partial charge in [0.25, 0.3) is 5.91 Å². The lowest BCUT2D eigenvalue weighted by molar-refractivity contribution is 0.0836. The molecule has 0 saturated heterocycles. The number of benzene rings is 1. The second-order valence-corrected chi connectivity index (χ2v) is 6.98. The number of hydrogen-bond donors (Lipinski definition) is 0. The maximum Gasteiger partial charge on any atom is 0.262 e. The van der Waals surface area contributed by atoms with Gasteiger partial charge in [-0.1, -0.05) is 12.1 Å². The third-order valence-corrected chi connectivity index (χ3v) is 4.47. The highest BCUT2D eigenvalue weighted by atomic mass is 16.5. The van der Waals surface area contributed by atoms with Crippen LogP contribution in [0.15, 0.2) is 55.0 Å². The van der Waals surface area contributed by atoms with E-state index in [1.54, 1.807) is 28.2 Å². The highest BCUT2D eigenvalue weighted by Crippen LogP contribution is 2.37. The summed E-state index contributed by atoms with van der Waals surface area (Å²) < 4.78 is 7.78. The number of hydrogen-bond acceptors (Lipinski definition) is 4. The lowest BCUT2D eigenvalue weighted by atomic mass is 10.0. The molecule has 6 nitrogen and oxygen atoms in total. The first-order chi connectivity index (χ1) is 12.5. The first-order valence-electron chi connectivity index (χ1n) is 8.51. The van der Waals surface area contributed by atoms with E-state index in [0.717, 1.165) is 22.8 Å². The van der Waals surface area contributed by atoms with Crippen LogP contribution in [0.25, 0.3) is 5.69 Å². The van der Waals surface area contributed by atoms with Gasteiger partial charge in [0.15, 0.2) is 0 Å². The molecule has 0 saturated carbocycles. The van der Waals surface area contributed by atoms with Gasteiger partial charge in [-0.15, -0.1) is 0 Å². The van der Waals surface area contributed by atoms with Crippen LogP contribution >= 0.6 is 0 Å². The lowest BCUT2D eigenvalue weighted by Crippen LogP contribution is -2.49. The summed E-state index contributed by atoms with van der Waals surface area (Å²) in [4.78, 5) is 19.1. The van der Waals surface area contributed by atoms with E-state index in [1.807, 2.05) is 57.2 Å². The molecule has 3 aromatic rings. The largest absolute Gasteiger partial charge is 0.484 e. The number of nitrogens with zero attached hydrogens (tertiary/aromatic N) is 4. The Balaban J connectivity index is 1.74. The van der Waals surface area contributed by atoms with Gasteiger partial charge in [-0.25, -0.2) is 4.68 Å². The minimum atomic E-state index is -0.459. The molecule has 1 aliphatic heterocycles. The number of amides is 1. The van der Waals surface area contributed by atoms with Gasteiger partial charge < -0.3 is 9.64 Å². The Morgan fingerprint density at radius 2 is 1.88 bits per heavy atom. The van der Waals surface area contributed by atoms with Crippen LogP contribution in [0.2, 0.25) is 0 Å². The van der Waals surface area contributed by atoms with Crippen LogP contribution in [0.3, 0.4) is 0 Å². The molecule has 0 bridgehead atoms. The standard InChI is InChI=1S/C20H20N4O2/c1-14-16(12-22-24(14)15-8-10-21-11-9-15)19(25)23-13-20(2,3)26-18-7-5-4-6-17(18)23/h4-12H,13H2,1-3H3. The zero-order valence-electron chi connectivity index (χ0n) is 15.0. The first-order valence-corrected chi connectivity index (χ1v) is 8.51. The summed E-state index contributed by atoms with van der Waals surface area (Å²) >= 11 is 0. The maximum atomic E-state index is 13.3. The summed E-state index contributed by atoms with van der Waals surface area (Å²) in [5.74, 6) is 0.642. The van der Waals surface area contributed by atoms with E-state index in [0.29, 0.717) is 12.1 Å². The third kappa shape index (κ3) is 2.73. The molecule has 2 aromatic heterocycles. The van der Waals surface area contributed by atoms with Crippen LogP contribution in [0.4, 0.5) is 5.69 Å². The SMILES string of the molecule is Cc1c(C(=O)N2CC(C)(C)Oc3ccccc32)cnn1-c1ccncc1. The van der Waals surface area contributed by atoms with Gasteiger partial charge in [0.05, 0.1) is 35.4 Å². The molecule has 0 unspecified atom stereocenters. The van der Waals surface area contributed by atoms with Crippen molar-refractivity contribution in [1.82, 2.24) is 14.8 Å². The van der Waals surface area contributed by atoms with Crippen LogP contribution in [-0.4, -0.2) is 32.8 Å². The molecule has 4 rings (SSSR count). The molecule has 0 aliphatic carbocycles. The van der Waals surface area contributed by atoms with E-state index >= 15 is 0 Å². The summed E-state index contributed by atoms with van der Waals surface area (Å²) in [6, 6.07) is 11.3. The molecular formula is C20H20N4O2. The van der Waals surface area contributed by atoms with E-state index in [-0.39, 0.29) is 5.91 Å². The van der Waals surface area contributed by atoms with Crippen molar-refractivity contribution in [1.29, 1.82) is 0 Å². The Morgan fingerprint density at radius 3 is 2.65 bits per heavy atom. The van der Waals surface area contributed by atoms with Crippen LogP contribution in [0.1, 0.15) is 29.9 Å². The van der Waals surface area contributed by atoms with Crippen molar-refractivity contribution in [3.05, 3.63) is 66.2 Å². The fourth-order valence-corrected chi connectivity index (χ4v) is 3.25. The minimum absolute atomic E-state index is 0.0772. The Labute approximate surface area is 152 Å². The normalized spacial score (nSPS) is 15.3. The van der Waals surface area contributed by atoms with Gasteiger partial charge in [0.1, 0.15) is 11.4 Å². The lowest BCUT2D eigenvalue weighted by Gasteiger charge is -2.39. The van der Waals surface area contributed by atoms with Gasteiger partial charge >= 0.3 is 0 Å². The zero-order chi connectivity index (χ0) is 18.3. The van der Waals surface area contributed by atoms with E-state index in [1.165, 1.54) is 0 Å². The van der Waals surface area contributed by atoms with E-state index in [4.69, 9.17) is 4.74 Å². The van der Waals surface area contributed by atoms with Crippen molar-refractivity contribution in [2.45, 2.75) is 26.4 Å². The molecule has 0 atom stereocenters. The average molecular weight is 348 g/mol. The monoisotopic (exact) mass is 348 g/mol. The molecule has 0 fully saturated rings. The Bertz CT molecular complexity index is 963. The number of ether oxygens (including phenoxy) is 1. The summed E-state index contributed by atoms with van der Waals surface area (Å²) in [5.41, 5.74) is 2.57. The highest BCUT2D eigenvalue weighted by Gasteiger charge is 2.36. The number of fused-ring (bicyclic) bond motifs is 1. The molecule has 6 heteroatoms. The number of para-hydroxylation sites is 2. The molecule has 26 heavy (non-hydrogen) atoms. The van der Waals surface area contributed by atoms with E-state index < -0.39 is 5.60 Å². The molecular weight excluding hydrogens is 328 g/mol. The number of aromatic nitrogens is 3. The average Bonchev–Trinajstić information content (AvgIpc) is 3.02. The second-order valence-electron chi connectivity index (χ2n) is 6.98. The quantitative estimate of drug-likeness (QED) is 0.712. The molecule has 0 spiro atoms.